The van der Waals surface area contributed by atoms with Gasteiger partial charge in [-0.1, -0.05) is 30.4 Å². The van der Waals surface area contributed by atoms with E-state index in [9.17, 15) is 4.79 Å². The zero-order valence-electron chi connectivity index (χ0n) is 5.49. The number of hydrogen-bond donors (Lipinski definition) is 0. The minimum absolute atomic E-state index is 0. The third-order valence-corrected chi connectivity index (χ3v) is 1.85. The van der Waals surface area contributed by atoms with Crippen LogP contribution in [0.1, 0.15) is 0 Å². The van der Waals surface area contributed by atoms with Crippen molar-refractivity contribution in [1.29, 1.82) is 0 Å². The summed E-state index contributed by atoms with van der Waals surface area (Å²) in [7, 11) is 0. The molecule has 0 saturated carbocycles. The molecule has 0 fully saturated rings. The Balaban J connectivity index is 0.000001000. The van der Waals surface area contributed by atoms with Crippen LogP contribution >= 0.6 is 23.8 Å². The van der Waals surface area contributed by atoms with Crippen molar-refractivity contribution in [3.8, 4) is 0 Å². The molecule has 0 radical (unpaired) electrons. The third kappa shape index (κ3) is 2.52. The van der Waals surface area contributed by atoms with E-state index in [-0.39, 0.29) is 10.6 Å². The van der Waals surface area contributed by atoms with Gasteiger partial charge < -0.3 is 0 Å². The fourth-order valence-electron chi connectivity index (χ4n) is 0.712. The van der Waals surface area contributed by atoms with Crippen molar-refractivity contribution in [3.63, 3.8) is 0 Å². The van der Waals surface area contributed by atoms with Crippen molar-refractivity contribution in [3.05, 3.63) is 24.3 Å². The first-order valence-corrected chi connectivity index (χ1v) is 3.58. The van der Waals surface area contributed by atoms with Gasteiger partial charge in [0, 0.05) is 4.86 Å². The largest absolute Gasteiger partial charge is 0.280 e. The highest BCUT2D eigenvalue weighted by Crippen LogP contribution is 2.12. The molecule has 0 aliphatic heterocycles. The molecule has 11 heavy (non-hydrogen) atoms. The van der Waals surface area contributed by atoms with Crippen LogP contribution in [0.25, 0.3) is 0 Å². The molecule has 0 saturated heterocycles. The topological polar surface area (TPSA) is 17.1 Å². The van der Waals surface area contributed by atoms with Crippen LogP contribution in [0.4, 0.5) is 4.70 Å². The van der Waals surface area contributed by atoms with Crippen LogP contribution in [-0.4, -0.2) is 10.1 Å². The van der Waals surface area contributed by atoms with Gasteiger partial charge in [-0.05, 0) is 17.7 Å². The smallest absolute Gasteiger partial charge is 0.233 e. The van der Waals surface area contributed by atoms with E-state index in [1.807, 2.05) is 0 Å². The highest BCUT2D eigenvalue weighted by Gasteiger charge is 2.17. The van der Waals surface area contributed by atoms with Crippen LogP contribution in [0.15, 0.2) is 24.3 Å². The molecule has 0 spiro atoms. The first kappa shape index (κ1) is 10.5. The highest BCUT2D eigenvalue weighted by molar-refractivity contribution is 7.80. The van der Waals surface area contributed by atoms with E-state index in [0.717, 1.165) is 0 Å². The van der Waals surface area contributed by atoms with Crippen molar-refractivity contribution >= 4 is 33.9 Å². The lowest BCUT2D eigenvalue weighted by Crippen LogP contribution is -2.15. The van der Waals surface area contributed by atoms with E-state index in [1.165, 1.54) is 0 Å². The number of thiocarbonyl (C=S) groups is 1. The first-order chi connectivity index (χ1) is 4.72. The number of allylic oxidation sites excluding steroid dienone is 4. The fraction of sp³-hybridized carbons (Fsp3) is 0.143. The number of halogens is 2. The number of hydrogen-bond acceptors (Lipinski definition) is 2. The van der Waals surface area contributed by atoms with Gasteiger partial charge in [-0.15, -0.1) is 0 Å². The molecule has 1 rings (SSSR count). The molecular weight excluding hydrogens is 187 g/mol. The second kappa shape index (κ2) is 4.36. The lowest BCUT2D eigenvalue weighted by atomic mass is 10.0. The van der Waals surface area contributed by atoms with E-state index in [0.29, 0.717) is 4.86 Å². The Bertz CT molecular complexity index is 235. The van der Waals surface area contributed by atoms with Gasteiger partial charge in [0.1, 0.15) is 0 Å². The summed E-state index contributed by atoms with van der Waals surface area (Å²) in [6.07, 6.45) is 6.96. The van der Waals surface area contributed by atoms with E-state index < -0.39 is 5.24 Å². The molecule has 0 aromatic heterocycles. The zero-order valence-corrected chi connectivity index (χ0v) is 7.06. The van der Waals surface area contributed by atoms with Gasteiger partial charge in [0.15, 0.2) is 0 Å². The molecule has 0 aromatic rings. The van der Waals surface area contributed by atoms with Crippen LogP contribution in [0, 0.1) is 5.92 Å². The molecule has 4 heteroatoms. The third-order valence-electron chi connectivity index (χ3n) is 1.23. The predicted octanol–water partition coefficient (Wildman–Crippen LogP) is 2.02. The van der Waals surface area contributed by atoms with Crippen LogP contribution in [-0.2, 0) is 4.79 Å². The standard InChI is InChI=1S/C7H5ClOS.FH/c8-7(9)5-3-1-2-4-6(5)10;/h1-5H;1H. The lowest BCUT2D eigenvalue weighted by molar-refractivity contribution is -0.112. The Labute approximate surface area is 74.1 Å². The number of carbonyl (C=O) groups excluding carboxylic acids is 1. The molecule has 1 atom stereocenters. The molecule has 0 amide bonds. The van der Waals surface area contributed by atoms with Gasteiger partial charge in [-0.25, -0.2) is 0 Å². The van der Waals surface area contributed by atoms with Gasteiger partial charge in [0.2, 0.25) is 5.24 Å². The molecule has 1 nitrogen and oxygen atoms in total. The summed E-state index contributed by atoms with van der Waals surface area (Å²) < 4.78 is 0. The molecule has 0 bridgehead atoms. The van der Waals surface area contributed by atoms with Crippen LogP contribution < -0.4 is 0 Å². The average molecular weight is 193 g/mol. The van der Waals surface area contributed by atoms with Crippen LogP contribution in [0.3, 0.4) is 0 Å². The summed E-state index contributed by atoms with van der Waals surface area (Å²) in [6, 6.07) is 0. The molecule has 1 aliphatic carbocycles. The van der Waals surface area contributed by atoms with Crippen molar-refractivity contribution in [2.75, 3.05) is 0 Å². The van der Waals surface area contributed by atoms with Gasteiger partial charge in [0.25, 0.3) is 0 Å². The van der Waals surface area contributed by atoms with Gasteiger partial charge in [-0.3, -0.25) is 9.50 Å². The quantitative estimate of drug-likeness (QED) is 0.467. The second-order valence-corrected chi connectivity index (χ2v) is 2.77. The van der Waals surface area contributed by atoms with Gasteiger partial charge in [0.05, 0.1) is 5.92 Å². The fourth-order valence-corrected chi connectivity index (χ4v) is 1.23. The Morgan fingerprint density at radius 3 is 2.55 bits per heavy atom. The van der Waals surface area contributed by atoms with E-state index >= 15 is 0 Å². The Hall–Kier alpha value is -0.540. The monoisotopic (exact) mass is 192 g/mol. The summed E-state index contributed by atoms with van der Waals surface area (Å²) in [6.45, 7) is 0. The number of rotatable bonds is 1. The SMILES string of the molecule is F.O=C(Cl)C1C=CC=CC1=S. The Morgan fingerprint density at radius 1 is 1.55 bits per heavy atom. The maximum Gasteiger partial charge on any atom is 0.233 e. The van der Waals surface area contributed by atoms with Gasteiger partial charge in [-0.2, -0.15) is 0 Å². The highest BCUT2D eigenvalue weighted by atomic mass is 35.5. The maximum absolute atomic E-state index is 10.6. The van der Waals surface area contributed by atoms with Crippen LogP contribution in [0.5, 0.6) is 0 Å². The van der Waals surface area contributed by atoms with E-state index in [4.69, 9.17) is 23.8 Å². The Morgan fingerprint density at radius 2 is 2.18 bits per heavy atom. The summed E-state index contributed by atoms with van der Waals surface area (Å²) in [4.78, 5) is 11.2. The Kier molecular flexibility index (Phi) is 4.15. The predicted molar refractivity (Wildman–Crippen MR) is 47.7 cm³/mol. The minimum atomic E-state index is -0.411. The normalized spacial score (nSPS) is 21.2. The average Bonchev–Trinajstić information content (AvgIpc) is 1.88. The van der Waals surface area contributed by atoms with Gasteiger partial charge >= 0.3 is 0 Å². The van der Waals surface area contributed by atoms with Crippen molar-refractivity contribution in [2.45, 2.75) is 0 Å². The molecule has 1 aliphatic rings. The van der Waals surface area contributed by atoms with Crippen molar-refractivity contribution in [2.24, 2.45) is 5.92 Å². The summed E-state index contributed by atoms with van der Waals surface area (Å²) in [5, 5.41) is -0.411. The molecular formula is C7H6ClFOS. The minimum Gasteiger partial charge on any atom is -0.280 e. The second-order valence-electron chi connectivity index (χ2n) is 1.93. The molecule has 60 valence electrons. The molecule has 0 N–H and O–H groups in total. The lowest BCUT2D eigenvalue weighted by Gasteiger charge is -2.07. The van der Waals surface area contributed by atoms with Crippen molar-refractivity contribution in [1.82, 2.24) is 0 Å². The zero-order chi connectivity index (χ0) is 7.56. The number of carbonyl (C=O) groups is 1. The maximum atomic E-state index is 10.6. The van der Waals surface area contributed by atoms with Crippen molar-refractivity contribution < 1.29 is 9.50 Å². The van der Waals surface area contributed by atoms with E-state index in [1.54, 1.807) is 24.3 Å². The molecule has 1 unspecified atom stereocenters. The summed E-state index contributed by atoms with van der Waals surface area (Å²) in [5.74, 6) is -0.387. The summed E-state index contributed by atoms with van der Waals surface area (Å²) >= 11 is 10.1. The van der Waals surface area contributed by atoms with Crippen LogP contribution in [0.2, 0.25) is 0 Å². The first-order valence-electron chi connectivity index (χ1n) is 2.80. The molecule has 0 aromatic carbocycles. The molecule has 0 heterocycles. The van der Waals surface area contributed by atoms with E-state index in [2.05, 4.69) is 0 Å². The summed E-state index contributed by atoms with van der Waals surface area (Å²) in [5.41, 5.74) is 0.